The van der Waals surface area contributed by atoms with Crippen LogP contribution in [0.2, 0.25) is 0 Å². The molecule has 1 amide bonds. The highest BCUT2D eigenvalue weighted by atomic mass is 32.2. The Morgan fingerprint density at radius 1 is 1.26 bits per heavy atom. The number of benzene rings is 1. The Morgan fingerprint density at radius 3 is 2.70 bits per heavy atom. The van der Waals surface area contributed by atoms with Crippen LogP contribution in [0.3, 0.4) is 0 Å². The van der Waals surface area contributed by atoms with Crippen LogP contribution < -0.4 is 15.6 Å². The number of sulfonamides is 1. The zero-order valence-electron chi connectivity index (χ0n) is 14.7. The smallest absolute Gasteiger partial charge is 0.253 e. The predicted octanol–water partition coefficient (Wildman–Crippen LogP) is 0.728. The standard InChI is InChI=1S/C17H18N4O5S/c1-10-16(11(2)26-21-10)27(24,25)19-9-15(22)18-8-13-7-12-5-3-4-6-14(12)20-17(13)23/h3-7,19H,8-9H2,1-2H3,(H,18,22)(H,20,23). The maximum Gasteiger partial charge on any atom is 0.253 e. The molecule has 2 heterocycles. The number of fused-ring (bicyclic) bond motifs is 1. The van der Waals surface area contributed by atoms with Gasteiger partial charge in [-0.3, -0.25) is 9.59 Å². The molecule has 0 saturated carbocycles. The van der Waals surface area contributed by atoms with E-state index in [4.69, 9.17) is 4.52 Å². The third-order valence-electron chi connectivity index (χ3n) is 3.97. The Labute approximate surface area is 154 Å². The number of nitrogens with one attached hydrogen (secondary N) is 3. The number of nitrogens with zero attached hydrogens (tertiary/aromatic N) is 1. The molecule has 3 aromatic rings. The van der Waals surface area contributed by atoms with E-state index >= 15 is 0 Å². The van der Waals surface area contributed by atoms with E-state index < -0.39 is 22.5 Å². The lowest BCUT2D eigenvalue weighted by atomic mass is 10.1. The molecule has 0 bridgehead atoms. The number of aryl methyl sites for hydroxylation is 2. The summed E-state index contributed by atoms with van der Waals surface area (Å²) < 4.78 is 31.6. The van der Waals surface area contributed by atoms with Crippen LogP contribution in [0.1, 0.15) is 17.0 Å². The molecule has 2 aromatic heterocycles. The summed E-state index contributed by atoms with van der Waals surface area (Å²) in [6.45, 7) is 2.47. The van der Waals surface area contributed by atoms with E-state index in [1.54, 1.807) is 12.1 Å². The van der Waals surface area contributed by atoms with Gasteiger partial charge in [0.25, 0.3) is 5.56 Å². The van der Waals surface area contributed by atoms with Gasteiger partial charge in [-0.2, -0.15) is 0 Å². The minimum Gasteiger partial charge on any atom is -0.360 e. The van der Waals surface area contributed by atoms with E-state index in [1.807, 2.05) is 18.2 Å². The molecule has 0 aliphatic heterocycles. The molecule has 0 atom stereocenters. The van der Waals surface area contributed by atoms with Crippen LogP contribution in [0.4, 0.5) is 0 Å². The molecule has 9 nitrogen and oxygen atoms in total. The first-order chi connectivity index (χ1) is 12.8. The SMILES string of the molecule is Cc1noc(C)c1S(=O)(=O)NCC(=O)NCc1cc2ccccc2[nH]c1=O. The van der Waals surface area contributed by atoms with Crippen molar-refractivity contribution in [1.29, 1.82) is 0 Å². The molecule has 10 heteroatoms. The number of hydrogen-bond donors (Lipinski definition) is 3. The van der Waals surface area contributed by atoms with Gasteiger partial charge in [-0.1, -0.05) is 23.4 Å². The van der Waals surface area contributed by atoms with Crippen molar-refractivity contribution in [1.82, 2.24) is 20.2 Å². The summed E-state index contributed by atoms with van der Waals surface area (Å²) in [5, 5.41) is 6.95. The summed E-state index contributed by atoms with van der Waals surface area (Å²) in [4.78, 5) is 26.7. The molecular formula is C17H18N4O5S. The topological polar surface area (TPSA) is 134 Å². The van der Waals surface area contributed by atoms with Crippen LogP contribution in [-0.2, 0) is 21.4 Å². The van der Waals surface area contributed by atoms with Crippen LogP contribution in [-0.4, -0.2) is 31.0 Å². The first kappa shape index (κ1) is 18.8. The van der Waals surface area contributed by atoms with Crippen LogP contribution in [0.15, 0.2) is 44.5 Å². The molecule has 1 aromatic carbocycles. The Balaban J connectivity index is 1.64. The zero-order chi connectivity index (χ0) is 19.6. The Kier molecular flexibility index (Phi) is 5.10. The molecular weight excluding hydrogens is 372 g/mol. The lowest BCUT2D eigenvalue weighted by molar-refractivity contribution is -0.120. The fraction of sp³-hybridized carbons (Fsp3) is 0.235. The first-order valence-corrected chi connectivity index (χ1v) is 9.56. The predicted molar refractivity (Wildman–Crippen MR) is 97.6 cm³/mol. The number of para-hydroxylation sites is 1. The quantitative estimate of drug-likeness (QED) is 0.568. The summed E-state index contributed by atoms with van der Waals surface area (Å²) in [5.41, 5.74) is 0.967. The minimum atomic E-state index is -3.93. The molecule has 0 aliphatic carbocycles. The van der Waals surface area contributed by atoms with E-state index in [-0.39, 0.29) is 28.5 Å². The molecule has 142 valence electrons. The second-order valence-corrected chi connectivity index (χ2v) is 7.67. The van der Waals surface area contributed by atoms with Gasteiger partial charge >= 0.3 is 0 Å². The molecule has 0 fully saturated rings. The fourth-order valence-electron chi connectivity index (χ4n) is 2.67. The molecule has 0 spiro atoms. The maximum atomic E-state index is 12.3. The number of H-pyrrole nitrogens is 1. The normalized spacial score (nSPS) is 11.6. The molecule has 0 saturated heterocycles. The van der Waals surface area contributed by atoms with Crippen molar-refractivity contribution in [3.63, 3.8) is 0 Å². The Morgan fingerprint density at radius 2 is 2.00 bits per heavy atom. The molecule has 27 heavy (non-hydrogen) atoms. The number of hydrogen-bond acceptors (Lipinski definition) is 6. The highest BCUT2D eigenvalue weighted by molar-refractivity contribution is 7.89. The molecule has 0 aliphatic rings. The Bertz CT molecular complexity index is 1140. The second-order valence-electron chi connectivity index (χ2n) is 5.97. The number of rotatable bonds is 6. The van der Waals surface area contributed by atoms with Gasteiger partial charge in [-0.05, 0) is 31.4 Å². The summed E-state index contributed by atoms with van der Waals surface area (Å²) in [7, 11) is -3.93. The minimum absolute atomic E-state index is 0.0218. The number of aromatic amines is 1. The first-order valence-electron chi connectivity index (χ1n) is 8.08. The van der Waals surface area contributed by atoms with Gasteiger partial charge in [-0.15, -0.1) is 0 Å². The van der Waals surface area contributed by atoms with Gasteiger partial charge in [-0.25, -0.2) is 13.1 Å². The molecule has 0 unspecified atom stereocenters. The van der Waals surface area contributed by atoms with E-state index in [0.717, 1.165) is 5.39 Å². The van der Waals surface area contributed by atoms with E-state index in [2.05, 4.69) is 20.2 Å². The van der Waals surface area contributed by atoms with Crippen LogP contribution >= 0.6 is 0 Å². The van der Waals surface area contributed by atoms with Crippen molar-refractivity contribution < 1.29 is 17.7 Å². The van der Waals surface area contributed by atoms with Gasteiger partial charge in [0.05, 0.1) is 6.54 Å². The highest BCUT2D eigenvalue weighted by Gasteiger charge is 2.24. The maximum absolute atomic E-state index is 12.3. The number of pyridine rings is 1. The van der Waals surface area contributed by atoms with Crippen LogP contribution in [0, 0.1) is 13.8 Å². The molecule has 3 N–H and O–H groups in total. The van der Waals surface area contributed by atoms with Crippen molar-refractivity contribution >= 4 is 26.8 Å². The lowest BCUT2D eigenvalue weighted by Crippen LogP contribution is -2.37. The van der Waals surface area contributed by atoms with Crippen molar-refractivity contribution in [2.75, 3.05) is 6.54 Å². The third-order valence-corrected chi connectivity index (χ3v) is 5.61. The average Bonchev–Trinajstić information content (AvgIpc) is 2.97. The van der Waals surface area contributed by atoms with Crippen LogP contribution in [0.5, 0.6) is 0 Å². The lowest BCUT2D eigenvalue weighted by Gasteiger charge is -2.08. The van der Waals surface area contributed by atoms with Gasteiger partial charge in [0.2, 0.25) is 15.9 Å². The highest BCUT2D eigenvalue weighted by Crippen LogP contribution is 2.18. The summed E-state index contributed by atoms with van der Waals surface area (Å²) in [6, 6.07) is 8.96. The Hall–Kier alpha value is -2.98. The van der Waals surface area contributed by atoms with Gasteiger partial charge in [0.15, 0.2) is 5.76 Å². The second kappa shape index (κ2) is 7.33. The van der Waals surface area contributed by atoms with Crippen molar-refractivity contribution in [2.24, 2.45) is 0 Å². The van der Waals surface area contributed by atoms with Gasteiger partial charge in [0.1, 0.15) is 10.6 Å². The summed E-state index contributed by atoms with van der Waals surface area (Å²) in [5.74, 6) is -0.430. The monoisotopic (exact) mass is 390 g/mol. The fourth-order valence-corrected chi connectivity index (χ4v) is 3.98. The largest absolute Gasteiger partial charge is 0.360 e. The number of carbonyl (C=O) groups excluding carboxylic acids is 1. The summed E-state index contributed by atoms with van der Waals surface area (Å²) in [6.07, 6.45) is 0. The molecule has 3 rings (SSSR count). The van der Waals surface area contributed by atoms with E-state index in [9.17, 15) is 18.0 Å². The van der Waals surface area contributed by atoms with E-state index in [0.29, 0.717) is 11.1 Å². The zero-order valence-corrected chi connectivity index (χ0v) is 15.5. The van der Waals surface area contributed by atoms with Crippen molar-refractivity contribution in [3.05, 3.63) is 57.7 Å². The van der Waals surface area contributed by atoms with Crippen molar-refractivity contribution in [3.8, 4) is 0 Å². The average molecular weight is 390 g/mol. The van der Waals surface area contributed by atoms with Gasteiger partial charge in [0, 0.05) is 17.6 Å². The number of carbonyl (C=O) groups is 1. The van der Waals surface area contributed by atoms with Gasteiger partial charge < -0.3 is 14.8 Å². The van der Waals surface area contributed by atoms with Crippen molar-refractivity contribution in [2.45, 2.75) is 25.3 Å². The number of amides is 1. The summed E-state index contributed by atoms with van der Waals surface area (Å²) >= 11 is 0. The molecule has 0 radical (unpaired) electrons. The van der Waals surface area contributed by atoms with E-state index in [1.165, 1.54) is 13.8 Å². The number of aromatic nitrogens is 2. The third kappa shape index (κ3) is 4.07. The van der Waals surface area contributed by atoms with Crippen LogP contribution in [0.25, 0.3) is 10.9 Å².